The van der Waals surface area contributed by atoms with Gasteiger partial charge in [0.2, 0.25) is 5.91 Å². The average molecular weight is 446 g/mol. The highest BCUT2D eigenvalue weighted by Crippen LogP contribution is 2.78. The molecule has 1 N–H and O–H groups in total. The minimum absolute atomic E-state index is 0.299. The lowest BCUT2D eigenvalue weighted by molar-refractivity contribution is -0.147. The van der Waals surface area contributed by atoms with Crippen LogP contribution in [0.4, 0.5) is 5.69 Å². The number of para-hydroxylation sites is 1. The van der Waals surface area contributed by atoms with Gasteiger partial charge in [0.25, 0.3) is 0 Å². The van der Waals surface area contributed by atoms with Gasteiger partial charge >= 0.3 is 5.97 Å². The molecule has 1 aliphatic heterocycles. The summed E-state index contributed by atoms with van der Waals surface area (Å²) in [6.45, 7) is 3.62. The van der Waals surface area contributed by atoms with E-state index >= 15 is 0 Å². The molecule has 6 heteroatoms. The molecule has 1 amide bonds. The molecule has 0 radical (unpaired) electrons. The van der Waals surface area contributed by atoms with Crippen LogP contribution in [-0.4, -0.2) is 17.7 Å². The van der Waals surface area contributed by atoms with Crippen LogP contribution in [0, 0.1) is 17.8 Å². The molecule has 160 valence electrons. The van der Waals surface area contributed by atoms with Crippen LogP contribution in [0.1, 0.15) is 34.3 Å². The third-order valence-corrected chi connectivity index (χ3v) is 7.00. The number of aryl methyl sites for hydroxylation is 1. The predicted molar refractivity (Wildman–Crippen MR) is 121 cm³/mol. The van der Waals surface area contributed by atoms with Crippen molar-refractivity contribution in [3.05, 3.63) is 94.5 Å². The van der Waals surface area contributed by atoms with Crippen LogP contribution in [0.25, 0.3) is 0 Å². The molecule has 1 heterocycles. The predicted octanol–water partition coefficient (Wildman–Crippen LogP) is 5.18. The minimum Gasteiger partial charge on any atom is -0.425 e. The number of carbonyl (C=O) groups excluding carboxylic acids is 3. The summed E-state index contributed by atoms with van der Waals surface area (Å²) in [7, 11) is 0. The standard InChI is InChI=1S/C26H20ClNO4/c1-15-7-13-18(14-8-15)28-23(30)26-21(19-5-3-4-6-20(19)32-24(26)31)25(26,2)22(29)16-9-11-17(27)12-10-16/h3-14,21H,1-2H3,(H,28,30)/t21-,25-,26+/m0/s1. The number of nitrogens with one attached hydrogen (secondary N) is 1. The Hall–Kier alpha value is -3.44. The minimum atomic E-state index is -1.66. The highest BCUT2D eigenvalue weighted by molar-refractivity contribution is 6.30. The molecular formula is C26H20ClNO4. The van der Waals surface area contributed by atoms with Crippen molar-refractivity contribution in [3.8, 4) is 5.75 Å². The molecule has 32 heavy (non-hydrogen) atoms. The molecule has 3 aromatic rings. The molecule has 0 saturated heterocycles. The van der Waals surface area contributed by atoms with Crippen LogP contribution in [0.15, 0.2) is 72.8 Å². The Kier molecular flexibility index (Phi) is 4.50. The van der Waals surface area contributed by atoms with Gasteiger partial charge in [0.05, 0.1) is 5.41 Å². The number of hydrogen-bond donors (Lipinski definition) is 1. The van der Waals surface area contributed by atoms with Crippen LogP contribution >= 0.6 is 11.6 Å². The van der Waals surface area contributed by atoms with Crippen LogP contribution in [0.5, 0.6) is 5.75 Å². The van der Waals surface area contributed by atoms with E-state index in [1.165, 1.54) is 0 Å². The third-order valence-electron chi connectivity index (χ3n) is 6.75. The number of amides is 1. The summed E-state index contributed by atoms with van der Waals surface area (Å²) in [6, 6.07) is 20.8. The van der Waals surface area contributed by atoms with Crippen molar-refractivity contribution in [2.45, 2.75) is 19.8 Å². The number of ketones is 1. The highest BCUT2D eigenvalue weighted by Gasteiger charge is 2.88. The molecule has 0 spiro atoms. The first-order chi connectivity index (χ1) is 15.3. The number of hydrogen-bond acceptors (Lipinski definition) is 4. The normalized spacial score (nSPS) is 25.2. The molecule has 0 aromatic heterocycles. The first-order valence-electron chi connectivity index (χ1n) is 10.3. The van der Waals surface area contributed by atoms with Crippen molar-refractivity contribution in [2.75, 3.05) is 5.32 Å². The van der Waals surface area contributed by atoms with Gasteiger partial charge in [-0.05, 0) is 56.3 Å². The Bertz CT molecular complexity index is 1270. The van der Waals surface area contributed by atoms with E-state index in [-0.39, 0.29) is 5.78 Å². The van der Waals surface area contributed by atoms with E-state index in [0.717, 1.165) is 5.56 Å². The number of fused-ring (bicyclic) bond motifs is 3. The van der Waals surface area contributed by atoms with E-state index in [4.69, 9.17) is 16.3 Å². The molecule has 1 fully saturated rings. The summed E-state index contributed by atoms with van der Waals surface area (Å²) in [5.74, 6) is -1.81. The van der Waals surface area contributed by atoms with Gasteiger partial charge in [-0.3, -0.25) is 14.4 Å². The maximum atomic E-state index is 13.7. The second kappa shape index (κ2) is 7.04. The van der Waals surface area contributed by atoms with Gasteiger partial charge in [0.1, 0.15) is 5.75 Å². The average Bonchev–Trinajstić information content (AvgIpc) is 3.39. The monoisotopic (exact) mass is 445 g/mol. The molecule has 1 saturated carbocycles. The zero-order chi connectivity index (χ0) is 22.7. The van der Waals surface area contributed by atoms with E-state index in [1.54, 1.807) is 61.5 Å². The molecule has 5 rings (SSSR count). The lowest BCUT2D eigenvalue weighted by Crippen LogP contribution is -2.42. The molecule has 3 aromatic carbocycles. The van der Waals surface area contributed by atoms with Gasteiger partial charge in [-0.15, -0.1) is 0 Å². The smallest absolute Gasteiger partial charge is 0.328 e. The van der Waals surface area contributed by atoms with E-state index in [1.807, 2.05) is 25.1 Å². The first-order valence-corrected chi connectivity index (χ1v) is 10.7. The molecule has 3 atom stereocenters. The summed E-state index contributed by atoms with van der Waals surface area (Å²) in [5.41, 5.74) is -0.315. The maximum absolute atomic E-state index is 13.7. The molecule has 1 aliphatic carbocycles. The number of benzene rings is 3. The molecule has 5 nitrogen and oxygen atoms in total. The van der Waals surface area contributed by atoms with Gasteiger partial charge in [-0.2, -0.15) is 0 Å². The maximum Gasteiger partial charge on any atom is 0.328 e. The fourth-order valence-corrected chi connectivity index (χ4v) is 5.15. The molecule has 0 unspecified atom stereocenters. The summed E-state index contributed by atoms with van der Waals surface area (Å²) in [4.78, 5) is 40.7. The number of ether oxygens (including phenoxy) is 1. The van der Waals surface area contributed by atoms with Crippen molar-refractivity contribution in [1.82, 2.24) is 0 Å². The Balaban J connectivity index is 1.62. The van der Waals surface area contributed by atoms with Gasteiger partial charge in [-0.25, -0.2) is 0 Å². The van der Waals surface area contributed by atoms with Gasteiger partial charge in [-0.1, -0.05) is 47.5 Å². The zero-order valence-corrected chi connectivity index (χ0v) is 18.3. The lowest BCUT2D eigenvalue weighted by atomic mass is 9.86. The lowest BCUT2D eigenvalue weighted by Gasteiger charge is -2.23. The Morgan fingerprint density at radius 1 is 0.969 bits per heavy atom. The number of Topliss-reactive ketones (excluding diaryl/α,β-unsaturated/α-hetero) is 1. The topological polar surface area (TPSA) is 72.5 Å². The Morgan fingerprint density at radius 2 is 1.62 bits per heavy atom. The second-order valence-corrected chi connectivity index (χ2v) is 8.96. The van der Waals surface area contributed by atoms with Crippen LogP contribution in [0.2, 0.25) is 5.02 Å². The summed E-state index contributed by atoms with van der Waals surface area (Å²) in [6.07, 6.45) is 0. The highest BCUT2D eigenvalue weighted by atomic mass is 35.5. The quantitative estimate of drug-likeness (QED) is 0.260. The van der Waals surface area contributed by atoms with Crippen molar-refractivity contribution < 1.29 is 19.1 Å². The van der Waals surface area contributed by atoms with Crippen LogP contribution in [0.3, 0.4) is 0 Å². The first kappa shape index (κ1) is 20.5. The van der Waals surface area contributed by atoms with Gasteiger partial charge < -0.3 is 10.1 Å². The number of halogens is 1. The van der Waals surface area contributed by atoms with Crippen molar-refractivity contribution >= 4 is 34.9 Å². The Morgan fingerprint density at radius 3 is 2.31 bits per heavy atom. The van der Waals surface area contributed by atoms with Crippen molar-refractivity contribution in [1.29, 1.82) is 0 Å². The molecular weight excluding hydrogens is 426 g/mol. The van der Waals surface area contributed by atoms with Gasteiger partial charge in [0.15, 0.2) is 11.2 Å². The van der Waals surface area contributed by atoms with Gasteiger partial charge in [0, 0.05) is 27.8 Å². The fourth-order valence-electron chi connectivity index (χ4n) is 5.02. The number of rotatable bonds is 4. The SMILES string of the molecule is Cc1ccc(NC(=O)[C@@]23C(=O)Oc4ccccc4[C@H]2[C@@]3(C)C(=O)c2ccc(Cl)cc2)cc1. The van der Waals surface area contributed by atoms with E-state index in [9.17, 15) is 14.4 Å². The van der Waals surface area contributed by atoms with Crippen molar-refractivity contribution in [3.63, 3.8) is 0 Å². The number of anilines is 1. The third kappa shape index (κ3) is 2.67. The fraction of sp³-hybridized carbons (Fsp3) is 0.192. The molecule has 0 bridgehead atoms. The van der Waals surface area contributed by atoms with Crippen LogP contribution < -0.4 is 10.1 Å². The summed E-state index contributed by atoms with van der Waals surface area (Å²) >= 11 is 5.99. The largest absolute Gasteiger partial charge is 0.425 e. The zero-order valence-electron chi connectivity index (χ0n) is 17.5. The molecule has 2 aliphatic rings. The summed E-state index contributed by atoms with van der Waals surface area (Å²) in [5, 5.41) is 3.34. The van der Waals surface area contributed by atoms with E-state index < -0.39 is 28.6 Å². The van der Waals surface area contributed by atoms with Crippen LogP contribution in [-0.2, 0) is 9.59 Å². The van der Waals surface area contributed by atoms with Crippen molar-refractivity contribution in [2.24, 2.45) is 10.8 Å². The van der Waals surface area contributed by atoms with E-state index in [0.29, 0.717) is 27.6 Å². The summed E-state index contributed by atoms with van der Waals surface area (Å²) < 4.78 is 5.59. The number of carbonyl (C=O) groups is 3. The number of esters is 1. The van der Waals surface area contributed by atoms with E-state index in [2.05, 4.69) is 5.32 Å². The Labute approximate surface area is 190 Å². The second-order valence-electron chi connectivity index (χ2n) is 8.53.